The van der Waals surface area contributed by atoms with E-state index in [1.54, 1.807) is 20.8 Å². The molecule has 4 nitrogen and oxygen atoms in total. The molecule has 0 aromatic rings. The number of amides is 2. The smallest absolute Gasteiger partial charge is 0.417 e. The summed E-state index contributed by atoms with van der Waals surface area (Å²) in [7, 11) is 0. The lowest BCUT2D eigenvalue weighted by molar-refractivity contribution is -0.129. The first kappa shape index (κ1) is 9.49. The lowest BCUT2D eigenvalue weighted by Crippen LogP contribution is -2.39. The monoisotopic (exact) mass is 197 g/mol. The summed E-state index contributed by atoms with van der Waals surface area (Å²) in [6.45, 7) is 5.95. The van der Waals surface area contributed by atoms with Gasteiger partial charge in [-0.05, 0) is 33.1 Å². The van der Waals surface area contributed by atoms with Gasteiger partial charge in [0, 0.05) is 12.5 Å². The highest BCUT2D eigenvalue weighted by Crippen LogP contribution is 2.46. The summed E-state index contributed by atoms with van der Waals surface area (Å²) in [6.07, 6.45) is 0.465. The van der Waals surface area contributed by atoms with Crippen molar-refractivity contribution in [1.82, 2.24) is 4.90 Å². The number of carbonyl (C=O) groups excluding carboxylic acids is 2. The third-order valence-electron chi connectivity index (χ3n) is 2.54. The molecule has 0 aromatic carbocycles. The maximum absolute atomic E-state index is 11.5. The van der Waals surface area contributed by atoms with E-state index in [0.717, 1.165) is 6.42 Å². The van der Waals surface area contributed by atoms with Gasteiger partial charge < -0.3 is 4.74 Å². The zero-order valence-electron chi connectivity index (χ0n) is 8.74. The van der Waals surface area contributed by atoms with Crippen molar-refractivity contribution in [3.8, 4) is 0 Å². The predicted octanol–water partition coefficient (Wildman–Crippen LogP) is 1.40. The Kier molecular flexibility index (Phi) is 1.84. The van der Waals surface area contributed by atoms with E-state index in [9.17, 15) is 9.59 Å². The normalized spacial score (nSPS) is 30.2. The summed E-state index contributed by atoms with van der Waals surface area (Å²) >= 11 is 0. The van der Waals surface area contributed by atoms with E-state index in [4.69, 9.17) is 4.74 Å². The van der Waals surface area contributed by atoms with Gasteiger partial charge in [-0.2, -0.15) is 0 Å². The topological polar surface area (TPSA) is 46.6 Å². The number of nitrogens with zero attached hydrogens (tertiary/aromatic N) is 1. The SMILES string of the molecule is CC(C)(C)OC(=O)N1C[C@@H]2C[C@@H]2C1=O. The summed E-state index contributed by atoms with van der Waals surface area (Å²) in [5.41, 5.74) is -0.524. The van der Waals surface area contributed by atoms with Gasteiger partial charge in [0.15, 0.2) is 0 Å². The van der Waals surface area contributed by atoms with Crippen LogP contribution in [0, 0.1) is 11.8 Å². The van der Waals surface area contributed by atoms with Crippen molar-refractivity contribution in [3.05, 3.63) is 0 Å². The molecule has 4 heteroatoms. The van der Waals surface area contributed by atoms with Crippen molar-refractivity contribution in [2.75, 3.05) is 6.54 Å². The standard InChI is InChI=1S/C10H15NO3/c1-10(2,3)14-9(13)11-5-6-4-7(6)8(11)12/h6-7H,4-5H2,1-3H3/t6-,7-/m0/s1. The van der Waals surface area contributed by atoms with Crippen LogP contribution in [0.3, 0.4) is 0 Å². The molecule has 0 unspecified atom stereocenters. The molecule has 0 bridgehead atoms. The average molecular weight is 197 g/mol. The van der Waals surface area contributed by atoms with Gasteiger partial charge in [-0.15, -0.1) is 0 Å². The van der Waals surface area contributed by atoms with Crippen LogP contribution in [0.5, 0.6) is 0 Å². The fraction of sp³-hybridized carbons (Fsp3) is 0.800. The highest BCUT2D eigenvalue weighted by Gasteiger charge is 2.54. The van der Waals surface area contributed by atoms with E-state index in [2.05, 4.69) is 0 Å². The minimum atomic E-state index is -0.524. The molecule has 2 rings (SSSR count). The molecule has 14 heavy (non-hydrogen) atoms. The van der Waals surface area contributed by atoms with Crippen LogP contribution in [-0.4, -0.2) is 29.0 Å². The molecule has 0 aromatic heterocycles. The van der Waals surface area contributed by atoms with Crippen molar-refractivity contribution >= 4 is 12.0 Å². The fourth-order valence-corrected chi connectivity index (χ4v) is 1.76. The van der Waals surface area contributed by atoms with Crippen LogP contribution in [0.1, 0.15) is 27.2 Å². The van der Waals surface area contributed by atoms with Crippen molar-refractivity contribution in [2.24, 2.45) is 11.8 Å². The molecule has 0 radical (unpaired) electrons. The Labute approximate surface area is 83.2 Å². The molecule has 0 spiro atoms. The van der Waals surface area contributed by atoms with Gasteiger partial charge in [-0.3, -0.25) is 4.79 Å². The molecule has 2 fully saturated rings. The second-order valence-corrected chi connectivity index (χ2v) is 5.03. The summed E-state index contributed by atoms with van der Waals surface area (Å²) in [4.78, 5) is 24.3. The van der Waals surface area contributed by atoms with E-state index in [1.165, 1.54) is 4.90 Å². The largest absolute Gasteiger partial charge is 0.443 e. The minimum Gasteiger partial charge on any atom is -0.443 e. The van der Waals surface area contributed by atoms with Crippen molar-refractivity contribution in [3.63, 3.8) is 0 Å². The Hall–Kier alpha value is -1.06. The average Bonchev–Trinajstić information content (AvgIpc) is 2.68. The maximum Gasteiger partial charge on any atom is 0.417 e. The number of hydrogen-bond acceptors (Lipinski definition) is 3. The van der Waals surface area contributed by atoms with Crippen LogP contribution in [0.15, 0.2) is 0 Å². The van der Waals surface area contributed by atoms with E-state index in [-0.39, 0.29) is 11.8 Å². The van der Waals surface area contributed by atoms with Gasteiger partial charge in [-0.25, -0.2) is 9.69 Å². The molecular weight excluding hydrogens is 182 g/mol. The van der Waals surface area contributed by atoms with Gasteiger partial charge in [0.1, 0.15) is 5.60 Å². The molecular formula is C10H15NO3. The number of ether oxygens (including phenoxy) is 1. The van der Waals surface area contributed by atoms with Gasteiger partial charge in [-0.1, -0.05) is 0 Å². The fourth-order valence-electron chi connectivity index (χ4n) is 1.76. The molecule has 1 saturated carbocycles. The van der Waals surface area contributed by atoms with Crippen LogP contribution in [0.2, 0.25) is 0 Å². The van der Waals surface area contributed by atoms with Crippen molar-refractivity contribution in [2.45, 2.75) is 32.8 Å². The Morgan fingerprint density at radius 2 is 2.14 bits per heavy atom. The van der Waals surface area contributed by atoms with Crippen molar-refractivity contribution in [1.29, 1.82) is 0 Å². The number of imide groups is 1. The molecule has 1 saturated heterocycles. The highest BCUT2D eigenvalue weighted by molar-refractivity contribution is 5.97. The van der Waals surface area contributed by atoms with E-state index < -0.39 is 11.7 Å². The lowest BCUT2D eigenvalue weighted by Gasteiger charge is -2.24. The zero-order chi connectivity index (χ0) is 10.5. The van der Waals surface area contributed by atoms with Gasteiger partial charge in [0.05, 0.1) is 0 Å². The predicted molar refractivity (Wildman–Crippen MR) is 49.5 cm³/mol. The second kappa shape index (κ2) is 2.72. The lowest BCUT2D eigenvalue weighted by atomic mass is 10.2. The number of piperidine rings is 1. The summed E-state index contributed by atoms with van der Waals surface area (Å²) in [6, 6.07) is 0. The first-order valence-corrected chi connectivity index (χ1v) is 4.93. The molecule has 1 heterocycles. The number of hydrogen-bond donors (Lipinski definition) is 0. The maximum atomic E-state index is 11.5. The zero-order valence-corrected chi connectivity index (χ0v) is 8.74. The number of carbonyl (C=O) groups is 2. The highest BCUT2D eigenvalue weighted by atomic mass is 16.6. The first-order valence-electron chi connectivity index (χ1n) is 4.93. The molecule has 2 aliphatic rings. The third kappa shape index (κ3) is 1.61. The van der Waals surface area contributed by atoms with Crippen LogP contribution in [0.4, 0.5) is 4.79 Å². The van der Waals surface area contributed by atoms with Crippen molar-refractivity contribution < 1.29 is 14.3 Å². The third-order valence-corrected chi connectivity index (χ3v) is 2.54. The molecule has 1 aliphatic carbocycles. The van der Waals surface area contributed by atoms with E-state index >= 15 is 0 Å². The summed E-state index contributed by atoms with van der Waals surface area (Å²) in [5.74, 6) is 0.474. The van der Waals surface area contributed by atoms with Crippen LogP contribution in [0.25, 0.3) is 0 Å². The molecule has 2 amide bonds. The van der Waals surface area contributed by atoms with Crippen LogP contribution >= 0.6 is 0 Å². The number of fused-ring (bicyclic) bond motifs is 1. The van der Waals surface area contributed by atoms with Gasteiger partial charge in [0.2, 0.25) is 5.91 Å². The Morgan fingerprint density at radius 3 is 2.57 bits per heavy atom. The Bertz CT molecular complexity index is 292. The Morgan fingerprint density at radius 1 is 1.50 bits per heavy atom. The number of likely N-dealkylation sites (tertiary alicyclic amines) is 1. The molecule has 78 valence electrons. The Balaban J connectivity index is 1.96. The van der Waals surface area contributed by atoms with Crippen LogP contribution in [-0.2, 0) is 9.53 Å². The number of rotatable bonds is 0. The first-order chi connectivity index (χ1) is 6.38. The van der Waals surface area contributed by atoms with Gasteiger partial charge >= 0.3 is 6.09 Å². The van der Waals surface area contributed by atoms with E-state index in [0.29, 0.717) is 12.5 Å². The van der Waals surface area contributed by atoms with Gasteiger partial charge in [0.25, 0.3) is 0 Å². The minimum absolute atomic E-state index is 0.0516. The quantitative estimate of drug-likeness (QED) is 0.589. The summed E-state index contributed by atoms with van der Waals surface area (Å²) in [5, 5.41) is 0. The molecule has 1 aliphatic heterocycles. The molecule has 0 N–H and O–H groups in total. The van der Waals surface area contributed by atoms with E-state index in [1.807, 2.05) is 0 Å². The molecule has 2 atom stereocenters. The summed E-state index contributed by atoms with van der Waals surface area (Å²) < 4.78 is 5.13. The van der Waals surface area contributed by atoms with Crippen LogP contribution < -0.4 is 0 Å². The second-order valence-electron chi connectivity index (χ2n) is 5.03.